The molecule has 66 valence electrons. The van der Waals surface area contributed by atoms with Gasteiger partial charge in [-0.15, -0.1) is 0 Å². The van der Waals surface area contributed by atoms with Gasteiger partial charge in [-0.2, -0.15) is 0 Å². The zero-order valence-corrected chi connectivity index (χ0v) is 8.22. The summed E-state index contributed by atoms with van der Waals surface area (Å²) >= 11 is 0. The molecule has 0 aromatic rings. The smallest absolute Gasteiger partial charge is 0.00749 e. The zero-order valence-electron chi connectivity index (χ0n) is 8.22. The van der Waals surface area contributed by atoms with Crippen molar-refractivity contribution in [3.8, 4) is 0 Å². The summed E-state index contributed by atoms with van der Waals surface area (Å²) in [6.45, 7) is 9.11. The quantitative estimate of drug-likeness (QED) is 0.660. The van der Waals surface area contributed by atoms with E-state index in [1.54, 1.807) is 0 Å². The van der Waals surface area contributed by atoms with Crippen LogP contribution in [0, 0.1) is 11.8 Å². The van der Waals surface area contributed by atoms with Gasteiger partial charge in [0.1, 0.15) is 0 Å². The minimum absolute atomic E-state index is 0.660. The van der Waals surface area contributed by atoms with E-state index in [-0.39, 0.29) is 0 Å². The van der Waals surface area contributed by atoms with Crippen LogP contribution >= 0.6 is 0 Å². The highest BCUT2D eigenvalue weighted by Gasteiger charge is 2.30. The summed E-state index contributed by atoms with van der Waals surface area (Å²) in [6.07, 6.45) is 2.80. The van der Waals surface area contributed by atoms with Gasteiger partial charge in [0.15, 0.2) is 0 Å². The Morgan fingerprint density at radius 2 is 1.64 bits per heavy atom. The fourth-order valence-corrected chi connectivity index (χ4v) is 1.81. The minimum atomic E-state index is 0.660. The molecule has 0 heterocycles. The van der Waals surface area contributed by atoms with E-state index in [4.69, 9.17) is 0 Å². The molecule has 1 heteroatoms. The number of hydrogen-bond acceptors (Lipinski definition) is 1. The Labute approximate surface area is 70.6 Å². The highest BCUT2D eigenvalue weighted by molar-refractivity contribution is 4.87. The number of rotatable bonds is 3. The standard InChI is InChI=1S/C10H21N/c1-7(2)9-5-10(6-9)11-8(3)4/h7-11H,5-6H2,1-4H3. The molecule has 0 radical (unpaired) electrons. The lowest BCUT2D eigenvalue weighted by Crippen LogP contribution is -2.45. The largest absolute Gasteiger partial charge is 0.312 e. The van der Waals surface area contributed by atoms with Crippen molar-refractivity contribution >= 4 is 0 Å². The van der Waals surface area contributed by atoms with Gasteiger partial charge in [0, 0.05) is 12.1 Å². The Morgan fingerprint density at radius 3 is 2.00 bits per heavy atom. The fraction of sp³-hybridized carbons (Fsp3) is 1.00. The van der Waals surface area contributed by atoms with Crippen molar-refractivity contribution in [1.82, 2.24) is 5.32 Å². The molecule has 0 bridgehead atoms. The molecule has 1 saturated carbocycles. The molecule has 1 nitrogen and oxygen atoms in total. The van der Waals surface area contributed by atoms with Crippen LogP contribution in [-0.2, 0) is 0 Å². The summed E-state index contributed by atoms with van der Waals surface area (Å²) in [4.78, 5) is 0. The molecule has 1 fully saturated rings. The van der Waals surface area contributed by atoms with Crippen LogP contribution in [0.1, 0.15) is 40.5 Å². The van der Waals surface area contributed by atoms with E-state index in [0.717, 1.165) is 17.9 Å². The average molecular weight is 155 g/mol. The summed E-state index contributed by atoms with van der Waals surface area (Å²) in [5, 5.41) is 3.56. The van der Waals surface area contributed by atoms with Crippen molar-refractivity contribution in [3.05, 3.63) is 0 Å². The van der Waals surface area contributed by atoms with Gasteiger partial charge in [0.05, 0.1) is 0 Å². The highest BCUT2D eigenvalue weighted by Crippen LogP contribution is 2.33. The Bertz CT molecular complexity index is 112. The van der Waals surface area contributed by atoms with Crippen LogP contribution in [0.3, 0.4) is 0 Å². The molecule has 0 aromatic carbocycles. The summed E-state index contributed by atoms with van der Waals surface area (Å²) in [7, 11) is 0. The molecular weight excluding hydrogens is 134 g/mol. The first-order valence-electron chi connectivity index (χ1n) is 4.85. The fourth-order valence-electron chi connectivity index (χ4n) is 1.81. The predicted octanol–water partition coefficient (Wildman–Crippen LogP) is 2.42. The molecular formula is C10H21N. The van der Waals surface area contributed by atoms with Crippen molar-refractivity contribution < 1.29 is 0 Å². The normalized spacial score (nSPS) is 31.1. The van der Waals surface area contributed by atoms with Crippen LogP contribution in [0.2, 0.25) is 0 Å². The topological polar surface area (TPSA) is 12.0 Å². The Hall–Kier alpha value is -0.0400. The van der Waals surface area contributed by atoms with Crippen LogP contribution in [0.4, 0.5) is 0 Å². The lowest BCUT2D eigenvalue weighted by atomic mass is 9.73. The number of nitrogens with one attached hydrogen (secondary N) is 1. The van der Waals surface area contributed by atoms with Gasteiger partial charge >= 0.3 is 0 Å². The summed E-state index contributed by atoms with van der Waals surface area (Å²) in [6, 6.07) is 1.48. The van der Waals surface area contributed by atoms with E-state index in [0.29, 0.717) is 6.04 Å². The Balaban J connectivity index is 2.09. The third-order valence-corrected chi connectivity index (χ3v) is 2.69. The van der Waals surface area contributed by atoms with Crippen molar-refractivity contribution in [2.24, 2.45) is 11.8 Å². The predicted molar refractivity (Wildman–Crippen MR) is 49.6 cm³/mol. The third kappa shape index (κ3) is 2.48. The van der Waals surface area contributed by atoms with E-state index in [9.17, 15) is 0 Å². The van der Waals surface area contributed by atoms with Crippen molar-refractivity contribution in [2.45, 2.75) is 52.6 Å². The molecule has 1 aliphatic rings. The maximum atomic E-state index is 3.56. The molecule has 0 atom stereocenters. The highest BCUT2D eigenvalue weighted by atomic mass is 15.0. The van der Waals surface area contributed by atoms with Crippen molar-refractivity contribution in [1.29, 1.82) is 0 Å². The van der Waals surface area contributed by atoms with Crippen LogP contribution in [-0.4, -0.2) is 12.1 Å². The summed E-state index contributed by atoms with van der Waals surface area (Å²) in [5.74, 6) is 1.88. The second kappa shape index (κ2) is 3.57. The van der Waals surface area contributed by atoms with E-state index < -0.39 is 0 Å². The molecule has 1 N–H and O–H groups in total. The molecule has 1 aliphatic carbocycles. The van der Waals surface area contributed by atoms with Gasteiger partial charge in [-0.25, -0.2) is 0 Å². The summed E-state index contributed by atoms with van der Waals surface area (Å²) in [5.41, 5.74) is 0. The molecule has 11 heavy (non-hydrogen) atoms. The second-order valence-electron chi connectivity index (χ2n) is 4.49. The molecule has 0 unspecified atom stereocenters. The SMILES string of the molecule is CC(C)NC1CC(C(C)C)C1. The maximum absolute atomic E-state index is 3.56. The Kier molecular flexibility index (Phi) is 2.94. The van der Waals surface area contributed by atoms with Crippen molar-refractivity contribution in [3.63, 3.8) is 0 Å². The van der Waals surface area contributed by atoms with Gasteiger partial charge in [0.2, 0.25) is 0 Å². The van der Waals surface area contributed by atoms with Gasteiger partial charge in [-0.3, -0.25) is 0 Å². The van der Waals surface area contributed by atoms with Crippen LogP contribution in [0.25, 0.3) is 0 Å². The molecule has 0 aliphatic heterocycles. The van der Waals surface area contributed by atoms with Crippen LogP contribution in [0.15, 0.2) is 0 Å². The van der Waals surface area contributed by atoms with Crippen LogP contribution in [0.5, 0.6) is 0 Å². The minimum Gasteiger partial charge on any atom is -0.312 e. The lowest BCUT2D eigenvalue weighted by Gasteiger charge is -2.39. The first kappa shape index (κ1) is 9.05. The molecule has 1 rings (SSSR count). The maximum Gasteiger partial charge on any atom is 0.00749 e. The molecule has 0 aromatic heterocycles. The van der Waals surface area contributed by atoms with Crippen LogP contribution < -0.4 is 5.32 Å². The summed E-state index contributed by atoms with van der Waals surface area (Å²) < 4.78 is 0. The van der Waals surface area contributed by atoms with E-state index in [2.05, 4.69) is 33.0 Å². The number of hydrogen-bond donors (Lipinski definition) is 1. The van der Waals surface area contributed by atoms with Gasteiger partial charge in [0.25, 0.3) is 0 Å². The average Bonchev–Trinajstić information content (AvgIpc) is 1.75. The molecule has 0 amide bonds. The lowest BCUT2D eigenvalue weighted by molar-refractivity contribution is 0.161. The first-order chi connectivity index (χ1) is 5.09. The van der Waals surface area contributed by atoms with E-state index >= 15 is 0 Å². The second-order valence-corrected chi connectivity index (χ2v) is 4.49. The van der Waals surface area contributed by atoms with E-state index in [1.807, 2.05) is 0 Å². The zero-order chi connectivity index (χ0) is 8.43. The third-order valence-electron chi connectivity index (χ3n) is 2.69. The van der Waals surface area contributed by atoms with Gasteiger partial charge < -0.3 is 5.32 Å². The molecule has 0 saturated heterocycles. The van der Waals surface area contributed by atoms with Gasteiger partial charge in [-0.05, 0) is 24.7 Å². The van der Waals surface area contributed by atoms with Crippen molar-refractivity contribution in [2.75, 3.05) is 0 Å². The monoisotopic (exact) mass is 155 g/mol. The van der Waals surface area contributed by atoms with E-state index in [1.165, 1.54) is 12.8 Å². The van der Waals surface area contributed by atoms with Gasteiger partial charge in [-0.1, -0.05) is 27.7 Å². The first-order valence-corrected chi connectivity index (χ1v) is 4.85. The Morgan fingerprint density at radius 1 is 1.09 bits per heavy atom. The molecule has 0 spiro atoms.